The third-order valence-corrected chi connectivity index (χ3v) is 4.63. The number of benzene rings is 1. The first kappa shape index (κ1) is 16.4. The van der Waals surface area contributed by atoms with E-state index >= 15 is 0 Å². The second-order valence-corrected chi connectivity index (χ2v) is 6.19. The summed E-state index contributed by atoms with van der Waals surface area (Å²) in [6.07, 6.45) is 2.03. The van der Waals surface area contributed by atoms with Crippen molar-refractivity contribution in [2.24, 2.45) is 10.9 Å². The highest BCUT2D eigenvalue weighted by atomic mass is 16.5. The summed E-state index contributed by atoms with van der Waals surface area (Å²) in [7, 11) is 0. The zero-order valence-electron chi connectivity index (χ0n) is 13.9. The number of allylic oxidation sites excluding steroid dienone is 2. The van der Waals surface area contributed by atoms with Crippen LogP contribution in [0.2, 0.25) is 0 Å². The van der Waals surface area contributed by atoms with Gasteiger partial charge in [0.25, 0.3) is 0 Å². The van der Waals surface area contributed by atoms with Gasteiger partial charge in [0, 0.05) is 29.3 Å². The van der Waals surface area contributed by atoms with Crippen LogP contribution < -0.4 is 0 Å². The molecule has 0 fully saturated rings. The van der Waals surface area contributed by atoms with E-state index in [0.717, 1.165) is 24.1 Å². The van der Waals surface area contributed by atoms with Gasteiger partial charge in [0.15, 0.2) is 5.78 Å². The van der Waals surface area contributed by atoms with Crippen LogP contribution in [0.1, 0.15) is 44.6 Å². The van der Waals surface area contributed by atoms with Gasteiger partial charge in [-0.3, -0.25) is 14.6 Å². The number of hydrogen-bond donors (Lipinski definition) is 1. The van der Waals surface area contributed by atoms with Gasteiger partial charge < -0.3 is 9.84 Å². The Labute approximate surface area is 141 Å². The molecule has 0 saturated carbocycles. The number of rotatable bonds is 3. The Hall–Kier alpha value is -2.43. The van der Waals surface area contributed by atoms with Crippen molar-refractivity contribution in [3.05, 3.63) is 41.1 Å². The van der Waals surface area contributed by atoms with E-state index in [4.69, 9.17) is 4.74 Å². The Balaban J connectivity index is 2.13. The third-order valence-electron chi connectivity index (χ3n) is 4.63. The highest BCUT2D eigenvalue weighted by molar-refractivity contribution is 6.08. The molecule has 1 aromatic rings. The molecule has 5 nitrogen and oxygen atoms in total. The first-order valence-electron chi connectivity index (χ1n) is 8.30. The van der Waals surface area contributed by atoms with Crippen molar-refractivity contribution in [3.63, 3.8) is 0 Å². The number of nitrogens with zero attached hydrogens (tertiary/aromatic N) is 1. The number of aromatic hydroxyl groups is 1. The van der Waals surface area contributed by atoms with Crippen LogP contribution in [0, 0.1) is 5.92 Å². The zero-order valence-corrected chi connectivity index (χ0v) is 13.9. The van der Waals surface area contributed by atoms with Gasteiger partial charge in [0.2, 0.25) is 0 Å². The molecule has 2 aliphatic rings. The molecule has 1 heterocycles. The van der Waals surface area contributed by atoms with Crippen molar-refractivity contribution in [1.82, 2.24) is 0 Å². The van der Waals surface area contributed by atoms with E-state index in [1.165, 1.54) is 0 Å². The number of Topliss-reactive ketones (excluding diaryl/α,β-unsaturated/α-hetero) is 1. The number of esters is 1. The second kappa shape index (κ2) is 6.59. The summed E-state index contributed by atoms with van der Waals surface area (Å²) < 4.78 is 5.24. The van der Waals surface area contributed by atoms with Crippen molar-refractivity contribution < 1.29 is 19.4 Å². The fourth-order valence-corrected chi connectivity index (χ4v) is 3.59. The van der Waals surface area contributed by atoms with Gasteiger partial charge in [0.1, 0.15) is 11.7 Å². The molecule has 2 atom stereocenters. The summed E-state index contributed by atoms with van der Waals surface area (Å²) in [6, 6.07) is 6.67. The molecule has 5 heteroatoms. The first-order chi connectivity index (χ1) is 11.5. The van der Waals surface area contributed by atoms with Crippen LogP contribution in [0.25, 0.3) is 0 Å². The average Bonchev–Trinajstić information content (AvgIpc) is 2.55. The summed E-state index contributed by atoms with van der Waals surface area (Å²) in [6.45, 7) is 3.86. The molecule has 0 bridgehead atoms. The SMILES string of the molecule is CCOC(=O)C1C(C)=NC2=C(C(=O)CCC2)[C@H]1c1ccc(O)cc1. The van der Waals surface area contributed by atoms with Crippen LogP contribution in [0.3, 0.4) is 0 Å². The van der Waals surface area contributed by atoms with Crippen LogP contribution in [-0.2, 0) is 14.3 Å². The highest BCUT2D eigenvalue weighted by Gasteiger charge is 2.42. The summed E-state index contributed by atoms with van der Waals surface area (Å²) in [5, 5.41) is 9.56. The quantitative estimate of drug-likeness (QED) is 0.865. The number of phenolic OH excluding ortho intramolecular Hbond substituents is 1. The Morgan fingerprint density at radius 1 is 1.29 bits per heavy atom. The molecule has 1 aliphatic carbocycles. The molecule has 126 valence electrons. The van der Waals surface area contributed by atoms with Crippen LogP contribution in [0.5, 0.6) is 5.75 Å². The smallest absolute Gasteiger partial charge is 0.315 e. The number of ketones is 1. The lowest BCUT2D eigenvalue weighted by Gasteiger charge is -2.34. The average molecular weight is 327 g/mol. The minimum absolute atomic E-state index is 0.0554. The molecule has 0 amide bonds. The van der Waals surface area contributed by atoms with Crippen LogP contribution in [0.15, 0.2) is 40.5 Å². The lowest BCUT2D eigenvalue weighted by atomic mass is 9.72. The second-order valence-electron chi connectivity index (χ2n) is 6.19. The maximum Gasteiger partial charge on any atom is 0.315 e. The summed E-state index contributed by atoms with van der Waals surface area (Å²) in [5.41, 5.74) is 2.93. The summed E-state index contributed by atoms with van der Waals surface area (Å²) in [4.78, 5) is 29.7. The Kier molecular flexibility index (Phi) is 4.51. The van der Waals surface area contributed by atoms with Crippen molar-refractivity contribution >= 4 is 17.5 Å². The number of carbonyl (C=O) groups is 2. The molecule has 1 unspecified atom stereocenters. The van der Waals surface area contributed by atoms with Crippen molar-refractivity contribution in [2.45, 2.75) is 39.0 Å². The Bertz CT molecular complexity index is 730. The Morgan fingerprint density at radius 2 is 2.00 bits per heavy atom. The van der Waals surface area contributed by atoms with E-state index in [1.54, 1.807) is 31.2 Å². The van der Waals surface area contributed by atoms with Gasteiger partial charge in [-0.05, 0) is 44.4 Å². The van der Waals surface area contributed by atoms with E-state index in [-0.39, 0.29) is 24.1 Å². The number of aliphatic imine (C=N–C) groups is 1. The number of phenols is 1. The lowest BCUT2D eigenvalue weighted by molar-refractivity contribution is -0.146. The maximum absolute atomic E-state index is 12.6. The van der Waals surface area contributed by atoms with Crippen LogP contribution >= 0.6 is 0 Å². The van der Waals surface area contributed by atoms with E-state index in [0.29, 0.717) is 17.7 Å². The van der Waals surface area contributed by atoms with Gasteiger partial charge in [-0.25, -0.2) is 0 Å². The van der Waals surface area contributed by atoms with E-state index in [2.05, 4.69) is 4.99 Å². The monoisotopic (exact) mass is 327 g/mol. The molecule has 3 rings (SSSR count). The van der Waals surface area contributed by atoms with Gasteiger partial charge in [-0.1, -0.05) is 12.1 Å². The molecular formula is C19H21NO4. The van der Waals surface area contributed by atoms with E-state index in [9.17, 15) is 14.7 Å². The predicted molar refractivity (Wildman–Crippen MR) is 90.0 cm³/mol. The molecule has 0 spiro atoms. The van der Waals surface area contributed by atoms with Gasteiger partial charge in [-0.2, -0.15) is 0 Å². The van der Waals surface area contributed by atoms with Gasteiger partial charge >= 0.3 is 5.97 Å². The minimum atomic E-state index is -0.602. The number of hydrogen-bond acceptors (Lipinski definition) is 5. The fraction of sp³-hybridized carbons (Fsp3) is 0.421. The van der Waals surface area contributed by atoms with Crippen molar-refractivity contribution in [2.75, 3.05) is 6.61 Å². The molecule has 0 radical (unpaired) electrons. The predicted octanol–water partition coefficient (Wildman–Crippen LogP) is 3.14. The summed E-state index contributed by atoms with van der Waals surface area (Å²) in [5.74, 6) is -1.15. The van der Waals surface area contributed by atoms with Crippen LogP contribution in [0.4, 0.5) is 0 Å². The zero-order chi connectivity index (χ0) is 17.3. The molecule has 0 aromatic heterocycles. The summed E-state index contributed by atoms with van der Waals surface area (Å²) >= 11 is 0. The molecule has 1 aliphatic heterocycles. The third kappa shape index (κ3) is 2.86. The molecule has 24 heavy (non-hydrogen) atoms. The molecule has 0 saturated heterocycles. The molecule has 1 aromatic carbocycles. The molecular weight excluding hydrogens is 306 g/mol. The van der Waals surface area contributed by atoms with Gasteiger partial charge in [0.05, 0.1) is 6.61 Å². The largest absolute Gasteiger partial charge is 0.508 e. The number of carbonyl (C=O) groups excluding carboxylic acids is 2. The first-order valence-corrected chi connectivity index (χ1v) is 8.30. The van der Waals surface area contributed by atoms with Crippen LogP contribution in [-0.4, -0.2) is 29.2 Å². The maximum atomic E-state index is 12.6. The van der Waals surface area contributed by atoms with E-state index in [1.807, 2.05) is 6.92 Å². The minimum Gasteiger partial charge on any atom is -0.508 e. The standard InChI is InChI=1S/C19H21NO4/c1-3-24-19(23)16-11(2)20-14-5-4-6-15(22)18(14)17(16)12-7-9-13(21)10-8-12/h7-10,16-17,21H,3-6H2,1-2H3/t16?,17-/m0/s1. The van der Waals surface area contributed by atoms with Crippen molar-refractivity contribution in [1.29, 1.82) is 0 Å². The van der Waals surface area contributed by atoms with Gasteiger partial charge in [-0.15, -0.1) is 0 Å². The number of ether oxygens (including phenoxy) is 1. The highest BCUT2D eigenvalue weighted by Crippen LogP contribution is 2.43. The molecule has 1 N–H and O–H groups in total. The topological polar surface area (TPSA) is 76.0 Å². The van der Waals surface area contributed by atoms with E-state index < -0.39 is 11.8 Å². The normalized spacial score (nSPS) is 23.6. The lowest BCUT2D eigenvalue weighted by Crippen LogP contribution is -2.37. The Morgan fingerprint density at radius 3 is 2.67 bits per heavy atom. The fourth-order valence-electron chi connectivity index (χ4n) is 3.59. The van der Waals surface area contributed by atoms with Crippen molar-refractivity contribution in [3.8, 4) is 5.75 Å².